The number of para-hydroxylation sites is 1. The first-order valence-corrected chi connectivity index (χ1v) is 13.6. The van der Waals surface area contributed by atoms with Crippen molar-refractivity contribution in [3.05, 3.63) is 53.7 Å². The maximum Gasteiger partial charge on any atom is 0.414 e. The minimum Gasteiger partial charge on any atom is -0.474 e. The maximum absolute atomic E-state index is 13.1. The Bertz CT molecular complexity index is 1200. The third-order valence-electron chi connectivity index (χ3n) is 7.28. The Hall–Kier alpha value is -3.82. The predicted octanol–water partition coefficient (Wildman–Crippen LogP) is 4.62. The first-order valence-electron chi connectivity index (χ1n) is 13.6. The summed E-state index contributed by atoms with van der Waals surface area (Å²) in [7, 11) is 0. The molecule has 0 spiro atoms. The number of carbonyl (C=O) groups is 3. The number of piperidine rings is 2. The SMILES string of the molecule is CC(C)(C)OC(=O)N1CCC(Oc2ccc(C(=O)N3CCC(N4C(=O)OCc5ccccc54)CC3)cn2)CC1. The molecule has 10 heteroatoms. The smallest absolute Gasteiger partial charge is 0.414 e. The molecule has 1 aromatic carbocycles. The number of amides is 3. The number of hydrogen-bond donors (Lipinski definition) is 0. The van der Waals surface area contributed by atoms with E-state index in [1.807, 2.05) is 49.9 Å². The quantitative estimate of drug-likeness (QED) is 0.562. The van der Waals surface area contributed by atoms with Crippen LogP contribution in [0.4, 0.5) is 15.3 Å². The molecule has 0 atom stereocenters. The normalized spacial score (nSPS) is 18.8. The van der Waals surface area contributed by atoms with Crippen molar-refractivity contribution in [3.63, 3.8) is 0 Å². The minimum absolute atomic E-state index is 0.0152. The lowest BCUT2D eigenvalue weighted by Gasteiger charge is -2.40. The molecule has 10 nitrogen and oxygen atoms in total. The molecule has 0 saturated carbocycles. The lowest BCUT2D eigenvalue weighted by molar-refractivity contribution is 0.0123. The second-order valence-electron chi connectivity index (χ2n) is 11.2. The molecule has 2 aromatic rings. The van der Waals surface area contributed by atoms with Gasteiger partial charge in [0.2, 0.25) is 5.88 Å². The molecule has 3 aliphatic heterocycles. The topological polar surface area (TPSA) is 102 Å². The van der Waals surface area contributed by atoms with Crippen LogP contribution in [0.15, 0.2) is 42.6 Å². The molecule has 0 bridgehead atoms. The van der Waals surface area contributed by atoms with Crippen molar-refractivity contribution in [1.82, 2.24) is 14.8 Å². The highest BCUT2D eigenvalue weighted by molar-refractivity contribution is 5.94. The molecule has 208 valence electrons. The number of rotatable bonds is 4. The van der Waals surface area contributed by atoms with E-state index >= 15 is 0 Å². The summed E-state index contributed by atoms with van der Waals surface area (Å²) < 4.78 is 16.8. The van der Waals surface area contributed by atoms with Crippen LogP contribution in [0.3, 0.4) is 0 Å². The van der Waals surface area contributed by atoms with Crippen LogP contribution in [0.1, 0.15) is 62.4 Å². The Kier molecular flexibility index (Phi) is 7.63. The number of ether oxygens (including phenoxy) is 3. The van der Waals surface area contributed by atoms with Crippen molar-refractivity contribution in [3.8, 4) is 5.88 Å². The number of likely N-dealkylation sites (tertiary alicyclic amines) is 2. The van der Waals surface area contributed by atoms with Crippen LogP contribution in [0.5, 0.6) is 5.88 Å². The summed E-state index contributed by atoms with van der Waals surface area (Å²) in [5, 5.41) is 0. The molecule has 2 fully saturated rings. The molecule has 0 unspecified atom stereocenters. The lowest BCUT2D eigenvalue weighted by atomic mass is 10.00. The van der Waals surface area contributed by atoms with E-state index in [0.29, 0.717) is 69.9 Å². The molecule has 39 heavy (non-hydrogen) atoms. The van der Waals surface area contributed by atoms with Crippen LogP contribution in [-0.2, 0) is 16.1 Å². The summed E-state index contributed by atoms with van der Waals surface area (Å²) in [4.78, 5) is 47.6. The molecule has 2 saturated heterocycles. The van der Waals surface area contributed by atoms with Gasteiger partial charge in [-0.2, -0.15) is 0 Å². The number of aromatic nitrogens is 1. The molecule has 5 rings (SSSR count). The largest absolute Gasteiger partial charge is 0.474 e. The first-order chi connectivity index (χ1) is 18.7. The highest BCUT2D eigenvalue weighted by Gasteiger charge is 2.35. The van der Waals surface area contributed by atoms with Gasteiger partial charge in [0.1, 0.15) is 18.3 Å². The highest BCUT2D eigenvalue weighted by atomic mass is 16.6. The van der Waals surface area contributed by atoms with Gasteiger partial charge in [0.15, 0.2) is 0 Å². The van der Waals surface area contributed by atoms with Crippen LogP contribution in [0.25, 0.3) is 0 Å². The Morgan fingerprint density at radius 1 is 0.949 bits per heavy atom. The number of pyridine rings is 1. The number of benzene rings is 1. The van der Waals surface area contributed by atoms with E-state index in [2.05, 4.69) is 4.98 Å². The van der Waals surface area contributed by atoms with Crippen LogP contribution in [0, 0.1) is 0 Å². The number of cyclic esters (lactones) is 1. The van der Waals surface area contributed by atoms with Gasteiger partial charge in [0.05, 0.1) is 11.3 Å². The number of carbonyl (C=O) groups excluding carboxylic acids is 3. The average Bonchev–Trinajstić information content (AvgIpc) is 2.93. The van der Waals surface area contributed by atoms with E-state index in [-0.39, 0.29) is 30.2 Å². The number of anilines is 1. The third kappa shape index (κ3) is 6.26. The summed E-state index contributed by atoms with van der Waals surface area (Å²) >= 11 is 0. The molecule has 3 amide bonds. The fourth-order valence-corrected chi connectivity index (χ4v) is 5.26. The fourth-order valence-electron chi connectivity index (χ4n) is 5.26. The molecule has 0 N–H and O–H groups in total. The van der Waals surface area contributed by atoms with Gasteiger partial charge < -0.3 is 24.0 Å². The summed E-state index contributed by atoms with van der Waals surface area (Å²) in [5.74, 6) is 0.378. The lowest BCUT2D eigenvalue weighted by Crippen LogP contribution is -2.50. The third-order valence-corrected chi connectivity index (χ3v) is 7.28. The molecule has 1 aromatic heterocycles. The zero-order chi connectivity index (χ0) is 27.6. The maximum atomic E-state index is 13.1. The summed E-state index contributed by atoms with van der Waals surface area (Å²) in [6.07, 6.45) is 3.59. The molecule has 3 aliphatic rings. The van der Waals surface area contributed by atoms with E-state index < -0.39 is 5.60 Å². The van der Waals surface area contributed by atoms with E-state index in [1.54, 1.807) is 28.1 Å². The Morgan fingerprint density at radius 2 is 1.64 bits per heavy atom. The second kappa shape index (κ2) is 11.1. The van der Waals surface area contributed by atoms with E-state index in [0.717, 1.165) is 11.3 Å². The van der Waals surface area contributed by atoms with Crippen molar-refractivity contribution in [2.45, 2.75) is 70.8 Å². The molecular formula is C29H36N4O6. The number of hydrogen-bond acceptors (Lipinski definition) is 7. The Morgan fingerprint density at radius 3 is 2.31 bits per heavy atom. The fraction of sp³-hybridized carbons (Fsp3) is 0.517. The first kappa shape index (κ1) is 26.8. The molecule has 4 heterocycles. The van der Waals surface area contributed by atoms with Gasteiger partial charge in [0.25, 0.3) is 5.91 Å². The minimum atomic E-state index is -0.517. The van der Waals surface area contributed by atoms with Crippen LogP contribution < -0.4 is 9.64 Å². The summed E-state index contributed by atoms with van der Waals surface area (Å²) in [6, 6.07) is 11.2. The standard InChI is InChI=1S/C29H36N4O6/c1-29(2,3)39-27(35)32-16-12-23(13-17-32)38-25-9-8-20(18-30-25)26(34)31-14-10-22(11-15-31)33-24-7-5-4-6-21(24)19-37-28(33)36/h4-9,18,22-23H,10-17,19H2,1-3H3. The summed E-state index contributed by atoms with van der Waals surface area (Å²) in [6.45, 7) is 8.08. The van der Waals surface area contributed by atoms with Crippen molar-refractivity contribution >= 4 is 23.8 Å². The Labute approximate surface area is 228 Å². The molecule has 0 radical (unpaired) electrons. The predicted molar refractivity (Wildman–Crippen MR) is 144 cm³/mol. The van der Waals surface area contributed by atoms with Crippen molar-refractivity contribution < 1.29 is 28.6 Å². The zero-order valence-electron chi connectivity index (χ0n) is 22.8. The van der Waals surface area contributed by atoms with Crippen LogP contribution >= 0.6 is 0 Å². The number of nitrogens with zero attached hydrogens (tertiary/aromatic N) is 4. The van der Waals surface area contributed by atoms with Gasteiger partial charge in [-0.3, -0.25) is 9.69 Å². The zero-order valence-corrected chi connectivity index (χ0v) is 22.8. The summed E-state index contributed by atoms with van der Waals surface area (Å²) in [5.41, 5.74) is 1.88. The van der Waals surface area contributed by atoms with Crippen molar-refractivity contribution in [2.75, 3.05) is 31.1 Å². The monoisotopic (exact) mass is 536 g/mol. The Balaban J connectivity index is 1.11. The van der Waals surface area contributed by atoms with Gasteiger partial charge >= 0.3 is 12.2 Å². The van der Waals surface area contributed by atoms with Crippen LogP contribution in [-0.4, -0.2) is 76.8 Å². The van der Waals surface area contributed by atoms with Crippen molar-refractivity contribution in [2.24, 2.45) is 0 Å². The van der Waals surface area contributed by atoms with Gasteiger partial charge in [0, 0.05) is 62.9 Å². The van der Waals surface area contributed by atoms with E-state index in [1.165, 1.54) is 0 Å². The highest BCUT2D eigenvalue weighted by Crippen LogP contribution is 2.32. The molecular weight excluding hydrogens is 500 g/mol. The molecule has 0 aliphatic carbocycles. The van der Waals surface area contributed by atoms with Crippen LogP contribution in [0.2, 0.25) is 0 Å². The van der Waals surface area contributed by atoms with Gasteiger partial charge in [-0.15, -0.1) is 0 Å². The van der Waals surface area contributed by atoms with Gasteiger partial charge in [-0.05, 0) is 45.7 Å². The second-order valence-corrected chi connectivity index (χ2v) is 11.2. The van der Waals surface area contributed by atoms with E-state index in [4.69, 9.17) is 14.2 Å². The average molecular weight is 537 g/mol. The van der Waals surface area contributed by atoms with Gasteiger partial charge in [-0.1, -0.05) is 18.2 Å². The van der Waals surface area contributed by atoms with Crippen molar-refractivity contribution in [1.29, 1.82) is 0 Å². The van der Waals surface area contributed by atoms with E-state index in [9.17, 15) is 14.4 Å². The van der Waals surface area contributed by atoms with Gasteiger partial charge in [-0.25, -0.2) is 14.6 Å². The number of fused-ring (bicyclic) bond motifs is 1.